The molecule has 33 heavy (non-hydrogen) atoms. The molecule has 0 bridgehead atoms. The molecule has 0 radical (unpaired) electrons. The van der Waals surface area contributed by atoms with Crippen LogP contribution in [0.2, 0.25) is 0 Å². The van der Waals surface area contributed by atoms with E-state index in [2.05, 4.69) is 0 Å². The lowest BCUT2D eigenvalue weighted by Gasteiger charge is -2.20. The van der Waals surface area contributed by atoms with Crippen LogP contribution in [0.5, 0.6) is 0 Å². The minimum atomic E-state index is -1.11. The largest absolute Gasteiger partial charge is 0.481 e. The summed E-state index contributed by atoms with van der Waals surface area (Å²) in [6.45, 7) is 7.29. The highest BCUT2D eigenvalue weighted by Gasteiger charge is 2.31. The Morgan fingerprint density at radius 2 is 1.73 bits per heavy atom. The van der Waals surface area contributed by atoms with E-state index in [1.165, 1.54) is 23.5 Å². The minimum absolute atomic E-state index is 0.0431. The van der Waals surface area contributed by atoms with Gasteiger partial charge in [0.25, 0.3) is 0 Å². The van der Waals surface area contributed by atoms with Crippen LogP contribution in [-0.2, 0) is 23.9 Å². The van der Waals surface area contributed by atoms with Crippen molar-refractivity contribution in [2.24, 2.45) is 5.41 Å². The number of benzene rings is 1. The van der Waals surface area contributed by atoms with E-state index in [9.17, 15) is 19.5 Å². The average molecular weight is 513 g/mol. The first-order chi connectivity index (χ1) is 15.6. The highest BCUT2D eigenvalue weighted by Crippen LogP contribution is 2.28. The number of esters is 2. The number of rotatable bonds is 13. The molecule has 0 saturated heterocycles. The van der Waals surface area contributed by atoms with Crippen molar-refractivity contribution < 1.29 is 29.0 Å². The number of carbonyl (C=O) groups is 3. The topological polar surface area (TPSA) is 89.9 Å². The maximum atomic E-state index is 12.6. The summed E-state index contributed by atoms with van der Waals surface area (Å²) in [5, 5.41) is 9.08. The molecule has 0 fully saturated rings. The molecular weight excluding hydrogens is 480 g/mol. The zero-order chi connectivity index (χ0) is 24.9. The number of carbonyl (C=O) groups excluding carboxylic acids is 2. The molecule has 0 aliphatic carbocycles. The smallest absolute Gasteiger partial charge is 0.334 e. The second-order valence-corrected chi connectivity index (χ2v) is 11.7. The molecule has 1 atom stereocenters. The van der Waals surface area contributed by atoms with Gasteiger partial charge in [-0.25, -0.2) is 4.79 Å². The van der Waals surface area contributed by atoms with Gasteiger partial charge in [-0.05, 0) is 57.4 Å². The van der Waals surface area contributed by atoms with E-state index in [-0.39, 0.29) is 30.9 Å². The Kier molecular flexibility index (Phi) is 13.4. The van der Waals surface area contributed by atoms with Gasteiger partial charge in [-0.1, -0.05) is 61.2 Å². The SMILES string of the molecule is CCSC(=S)SC(C)C(=O)OCCCCOC(=O)/C(=C/c1ccccc1)CC(C)(C)C(=O)O. The molecule has 0 amide bonds. The third kappa shape index (κ3) is 11.7. The number of thiocarbonyl (C=S) groups is 1. The summed E-state index contributed by atoms with van der Waals surface area (Å²) < 4.78 is 11.4. The Hall–Kier alpha value is -1.84. The molecule has 1 rings (SSSR count). The fourth-order valence-electron chi connectivity index (χ4n) is 2.58. The van der Waals surface area contributed by atoms with Crippen LogP contribution in [0.4, 0.5) is 0 Å². The molecule has 0 heterocycles. The summed E-state index contributed by atoms with van der Waals surface area (Å²) >= 11 is 8.02. The molecule has 0 aliphatic rings. The molecule has 1 N–H and O–H groups in total. The standard InChI is InChI=1S/C24H32O6S3/c1-5-32-23(31)33-17(2)20(25)29-13-9-10-14-30-21(26)19(16-24(3,4)22(27)28)15-18-11-7-6-8-12-18/h6-8,11-12,15,17H,5,9-10,13-14,16H2,1-4H3,(H,27,28)/b19-15+. The first-order valence-corrected chi connectivity index (χ1v) is 13.0. The second kappa shape index (κ2) is 15.1. The maximum absolute atomic E-state index is 12.6. The van der Waals surface area contributed by atoms with E-state index in [1.807, 2.05) is 37.3 Å². The molecule has 1 unspecified atom stereocenters. The Bertz CT molecular complexity index is 836. The van der Waals surface area contributed by atoms with Gasteiger partial charge < -0.3 is 14.6 Å². The van der Waals surface area contributed by atoms with Crippen molar-refractivity contribution in [1.29, 1.82) is 0 Å². The van der Waals surface area contributed by atoms with Crippen LogP contribution in [0.15, 0.2) is 35.9 Å². The van der Waals surface area contributed by atoms with Crippen LogP contribution in [-0.4, -0.2) is 50.8 Å². The lowest BCUT2D eigenvalue weighted by molar-refractivity contribution is -0.147. The third-order valence-electron chi connectivity index (χ3n) is 4.50. The van der Waals surface area contributed by atoms with Crippen LogP contribution in [0, 0.1) is 5.41 Å². The molecule has 0 spiro atoms. The minimum Gasteiger partial charge on any atom is -0.481 e. The first-order valence-electron chi connectivity index (χ1n) is 10.7. The lowest BCUT2D eigenvalue weighted by Crippen LogP contribution is -2.26. The van der Waals surface area contributed by atoms with Crippen LogP contribution in [0.3, 0.4) is 0 Å². The monoisotopic (exact) mass is 512 g/mol. The summed E-state index contributed by atoms with van der Waals surface area (Å²) in [7, 11) is 0. The molecule has 1 aromatic rings. The molecular formula is C24H32O6S3. The summed E-state index contributed by atoms with van der Waals surface area (Å²) in [6.07, 6.45) is 2.77. The van der Waals surface area contributed by atoms with Gasteiger partial charge in [0.2, 0.25) is 0 Å². The Balaban J connectivity index is 2.51. The highest BCUT2D eigenvalue weighted by molar-refractivity contribution is 8.47. The van der Waals surface area contributed by atoms with E-state index < -0.39 is 17.4 Å². The van der Waals surface area contributed by atoms with Gasteiger partial charge in [-0.15, -0.1) is 11.8 Å². The van der Waals surface area contributed by atoms with Crippen molar-refractivity contribution in [3.05, 3.63) is 41.5 Å². The predicted octanol–water partition coefficient (Wildman–Crippen LogP) is 5.60. The molecule has 182 valence electrons. The summed E-state index contributed by atoms with van der Waals surface area (Å²) in [5.74, 6) is -0.989. The average Bonchev–Trinajstić information content (AvgIpc) is 2.75. The van der Waals surface area contributed by atoms with E-state index in [1.54, 1.807) is 26.8 Å². The van der Waals surface area contributed by atoms with E-state index in [4.69, 9.17) is 21.7 Å². The quantitative estimate of drug-likeness (QED) is 0.157. The highest BCUT2D eigenvalue weighted by atomic mass is 32.2. The molecule has 9 heteroatoms. The van der Waals surface area contributed by atoms with Gasteiger partial charge in [-0.2, -0.15) is 0 Å². The Morgan fingerprint density at radius 1 is 1.12 bits per heavy atom. The Labute approximate surface area is 209 Å². The number of unbranched alkanes of at least 4 members (excludes halogenated alkanes) is 1. The summed E-state index contributed by atoms with van der Waals surface area (Å²) in [5.41, 5.74) is -0.0197. The van der Waals surface area contributed by atoms with E-state index >= 15 is 0 Å². The van der Waals surface area contributed by atoms with Crippen molar-refractivity contribution in [3.63, 3.8) is 0 Å². The number of carboxylic acids is 1. The number of hydrogen-bond donors (Lipinski definition) is 1. The van der Waals surface area contributed by atoms with Crippen molar-refractivity contribution >= 4 is 63.3 Å². The van der Waals surface area contributed by atoms with Gasteiger partial charge in [0.05, 0.1) is 18.6 Å². The number of aliphatic carboxylic acids is 1. The van der Waals surface area contributed by atoms with Crippen molar-refractivity contribution in [3.8, 4) is 0 Å². The van der Waals surface area contributed by atoms with Crippen molar-refractivity contribution in [2.45, 2.75) is 52.2 Å². The first kappa shape index (κ1) is 29.2. The molecule has 0 aliphatic heterocycles. The van der Waals surface area contributed by atoms with Crippen LogP contribution < -0.4 is 0 Å². The molecule has 0 saturated carbocycles. The van der Waals surface area contributed by atoms with Crippen LogP contribution in [0.25, 0.3) is 6.08 Å². The number of thioether (sulfide) groups is 2. The van der Waals surface area contributed by atoms with Crippen molar-refractivity contribution in [1.82, 2.24) is 0 Å². The molecule has 0 aromatic heterocycles. The lowest BCUT2D eigenvalue weighted by atomic mass is 9.85. The Morgan fingerprint density at radius 3 is 2.30 bits per heavy atom. The van der Waals surface area contributed by atoms with Crippen LogP contribution >= 0.6 is 35.7 Å². The van der Waals surface area contributed by atoms with E-state index in [0.29, 0.717) is 18.4 Å². The summed E-state index contributed by atoms with van der Waals surface area (Å²) in [6, 6.07) is 9.22. The normalized spacial score (nSPS) is 12.7. The maximum Gasteiger partial charge on any atom is 0.334 e. The second-order valence-electron chi connectivity index (χ2n) is 7.90. The van der Waals surface area contributed by atoms with E-state index in [0.717, 1.165) is 14.8 Å². The van der Waals surface area contributed by atoms with Crippen LogP contribution in [0.1, 0.15) is 52.5 Å². The van der Waals surface area contributed by atoms with Gasteiger partial charge in [0.1, 0.15) is 8.78 Å². The predicted molar refractivity (Wildman–Crippen MR) is 139 cm³/mol. The number of ether oxygens (including phenoxy) is 2. The zero-order valence-corrected chi connectivity index (χ0v) is 21.9. The molecule has 6 nitrogen and oxygen atoms in total. The number of carboxylic acid groups (broad SMARTS) is 1. The van der Waals surface area contributed by atoms with Gasteiger partial charge >= 0.3 is 17.9 Å². The van der Waals surface area contributed by atoms with Gasteiger partial charge in [0, 0.05) is 5.57 Å². The number of hydrogen-bond acceptors (Lipinski definition) is 8. The third-order valence-corrected chi connectivity index (χ3v) is 7.04. The fraction of sp³-hybridized carbons (Fsp3) is 0.500. The van der Waals surface area contributed by atoms with Gasteiger partial charge in [0.15, 0.2) is 0 Å². The van der Waals surface area contributed by atoms with Crippen molar-refractivity contribution in [2.75, 3.05) is 19.0 Å². The summed E-state index contributed by atoms with van der Waals surface area (Å²) in [4.78, 5) is 36.2. The fourth-order valence-corrected chi connectivity index (χ4v) is 5.11. The zero-order valence-electron chi connectivity index (χ0n) is 19.5. The molecule has 1 aromatic carbocycles. The van der Waals surface area contributed by atoms with Gasteiger partial charge in [-0.3, -0.25) is 9.59 Å².